The Bertz CT molecular complexity index is 760. The lowest BCUT2D eigenvalue weighted by atomic mass is 9.93. The number of hydrogen-bond acceptors (Lipinski definition) is 3. The van der Waals surface area contributed by atoms with Crippen LogP contribution >= 0.6 is 0 Å². The number of nitrogens with zero attached hydrogens (tertiary/aromatic N) is 1. The summed E-state index contributed by atoms with van der Waals surface area (Å²) in [6.45, 7) is 2.68. The second kappa shape index (κ2) is 7.04. The van der Waals surface area contributed by atoms with E-state index in [2.05, 4.69) is 6.92 Å². The van der Waals surface area contributed by atoms with Crippen molar-refractivity contribution in [3.63, 3.8) is 0 Å². The van der Waals surface area contributed by atoms with Gasteiger partial charge in [0.2, 0.25) is 0 Å². The quantitative estimate of drug-likeness (QED) is 0.467. The van der Waals surface area contributed by atoms with Crippen LogP contribution in [-0.2, 0) is 0 Å². The van der Waals surface area contributed by atoms with Crippen LogP contribution in [-0.4, -0.2) is 23.3 Å². The topological polar surface area (TPSA) is 63.4 Å². The molecule has 0 atom stereocenters. The monoisotopic (exact) mass is 324 g/mol. The highest BCUT2D eigenvalue weighted by molar-refractivity contribution is 6.26. The van der Waals surface area contributed by atoms with Gasteiger partial charge in [0.05, 0.1) is 0 Å². The fraction of sp³-hybridized carbons (Fsp3) is 0.400. The van der Waals surface area contributed by atoms with E-state index in [1.54, 1.807) is 18.2 Å². The first-order valence-corrected chi connectivity index (χ1v) is 8.82. The van der Waals surface area contributed by atoms with E-state index in [4.69, 9.17) is 5.73 Å². The summed E-state index contributed by atoms with van der Waals surface area (Å²) in [7, 11) is 0. The molecule has 4 nitrogen and oxygen atoms in total. The third-order valence-electron chi connectivity index (χ3n) is 4.76. The van der Waals surface area contributed by atoms with Crippen molar-refractivity contribution in [1.82, 2.24) is 4.90 Å². The highest BCUT2D eigenvalue weighted by Crippen LogP contribution is 2.33. The van der Waals surface area contributed by atoms with Gasteiger partial charge in [-0.3, -0.25) is 14.5 Å². The normalized spacial score (nSPS) is 13.8. The number of carbonyl (C=O) groups is 2. The minimum Gasteiger partial charge on any atom is -0.398 e. The van der Waals surface area contributed by atoms with Gasteiger partial charge in [-0.1, -0.05) is 51.2 Å². The van der Waals surface area contributed by atoms with Gasteiger partial charge >= 0.3 is 0 Å². The average molecular weight is 324 g/mol. The molecule has 2 amide bonds. The number of rotatable bonds is 7. The molecular formula is C20H24N2O2. The predicted molar refractivity (Wildman–Crippen MR) is 97.1 cm³/mol. The summed E-state index contributed by atoms with van der Waals surface area (Å²) in [5, 5.41) is 1.48. The highest BCUT2D eigenvalue weighted by atomic mass is 16.2. The fourth-order valence-corrected chi connectivity index (χ4v) is 3.42. The number of amides is 2. The van der Waals surface area contributed by atoms with Gasteiger partial charge in [0, 0.05) is 34.1 Å². The van der Waals surface area contributed by atoms with Crippen molar-refractivity contribution in [3.8, 4) is 0 Å². The molecule has 4 heteroatoms. The molecule has 0 saturated carbocycles. The third-order valence-corrected chi connectivity index (χ3v) is 4.76. The zero-order valence-corrected chi connectivity index (χ0v) is 14.2. The summed E-state index contributed by atoms with van der Waals surface area (Å²) in [6.07, 6.45) is 6.76. The lowest BCUT2D eigenvalue weighted by Crippen LogP contribution is -2.40. The van der Waals surface area contributed by atoms with Crippen molar-refractivity contribution in [1.29, 1.82) is 0 Å². The molecule has 1 heterocycles. The molecule has 0 bridgehead atoms. The van der Waals surface area contributed by atoms with E-state index in [9.17, 15) is 9.59 Å². The Morgan fingerprint density at radius 1 is 0.875 bits per heavy atom. The van der Waals surface area contributed by atoms with E-state index in [0.717, 1.165) is 24.6 Å². The summed E-state index contributed by atoms with van der Waals surface area (Å²) < 4.78 is 0. The number of nitrogen functional groups attached to an aromatic ring is 1. The van der Waals surface area contributed by atoms with Gasteiger partial charge in [-0.05, 0) is 24.6 Å². The summed E-state index contributed by atoms with van der Waals surface area (Å²) >= 11 is 0. The molecule has 0 fully saturated rings. The molecule has 24 heavy (non-hydrogen) atoms. The first-order chi connectivity index (χ1) is 11.6. The molecule has 0 aromatic heterocycles. The van der Waals surface area contributed by atoms with E-state index < -0.39 is 0 Å². The number of carbonyl (C=O) groups excluding carboxylic acids is 2. The minimum atomic E-state index is -0.197. The molecule has 0 radical (unpaired) electrons. The number of hydrogen-bond donors (Lipinski definition) is 1. The second-order valence-corrected chi connectivity index (χ2v) is 6.46. The maximum absolute atomic E-state index is 12.8. The molecular weight excluding hydrogens is 300 g/mol. The fourth-order valence-electron chi connectivity index (χ4n) is 3.42. The van der Waals surface area contributed by atoms with Crippen LogP contribution in [0.2, 0.25) is 0 Å². The van der Waals surface area contributed by atoms with Crippen LogP contribution in [0.15, 0.2) is 30.3 Å². The molecule has 0 spiro atoms. The molecule has 126 valence electrons. The number of nitrogens with two attached hydrogens (primary N) is 1. The van der Waals surface area contributed by atoms with E-state index in [1.807, 2.05) is 12.1 Å². The maximum Gasteiger partial charge on any atom is 0.261 e. The molecule has 0 unspecified atom stereocenters. The summed E-state index contributed by atoms with van der Waals surface area (Å²) in [6, 6.07) is 8.96. The van der Waals surface area contributed by atoms with Crippen molar-refractivity contribution in [2.45, 2.75) is 45.4 Å². The molecule has 2 aromatic carbocycles. The zero-order chi connectivity index (χ0) is 17.1. The van der Waals surface area contributed by atoms with Crippen LogP contribution < -0.4 is 5.73 Å². The van der Waals surface area contributed by atoms with Crippen LogP contribution in [0.5, 0.6) is 0 Å². The second-order valence-electron chi connectivity index (χ2n) is 6.46. The van der Waals surface area contributed by atoms with Crippen molar-refractivity contribution in [2.24, 2.45) is 0 Å². The van der Waals surface area contributed by atoms with E-state index >= 15 is 0 Å². The summed E-state index contributed by atoms with van der Waals surface area (Å²) in [5.41, 5.74) is 7.77. The Hall–Kier alpha value is -2.36. The van der Waals surface area contributed by atoms with Gasteiger partial charge in [-0.25, -0.2) is 0 Å². The smallest absolute Gasteiger partial charge is 0.261 e. The van der Waals surface area contributed by atoms with Crippen molar-refractivity contribution >= 4 is 28.3 Å². The van der Waals surface area contributed by atoms with Crippen LogP contribution in [0, 0.1) is 0 Å². The van der Waals surface area contributed by atoms with Crippen LogP contribution in [0.3, 0.4) is 0 Å². The lowest BCUT2D eigenvalue weighted by molar-refractivity contribution is 0.0608. The molecule has 2 aromatic rings. The van der Waals surface area contributed by atoms with E-state index in [-0.39, 0.29) is 11.8 Å². The molecule has 1 aliphatic rings. The maximum atomic E-state index is 12.8. The van der Waals surface area contributed by atoms with Gasteiger partial charge in [0.25, 0.3) is 11.8 Å². The van der Waals surface area contributed by atoms with Gasteiger partial charge in [-0.2, -0.15) is 0 Å². The van der Waals surface area contributed by atoms with Crippen molar-refractivity contribution in [3.05, 3.63) is 41.5 Å². The minimum absolute atomic E-state index is 0.197. The first kappa shape index (κ1) is 16.5. The Morgan fingerprint density at radius 2 is 1.54 bits per heavy atom. The van der Waals surface area contributed by atoms with E-state index in [0.29, 0.717) is 28.7 Å². The predicted octanol–water partition coefficient (Wildman–Crippen LogP) is 4.38. The van der Waals surface area contributed by atoms with Crippen LogP contribution in [0.4, 0.5) is 5.69 Å². The first-order valence-electron chi connectivity index (χ1n) is 8.82. The Morgan fingerprint density at radius 3 is 2.29 bits per heavy atom. The molecule has 0 aliphatic carbocycles. The van der Waals surface area contributed by atoms with Crippen LogP contribution in [0.25, 0.3) is 10.8 Å². The van der Waals surface area contributed by atoms with Crippen molar-refractivity contribution in [2.75, 3.05) is 12.3 Å². The molecule has 2 N–H and O–H groups in total. The molecule has 1 aliphatic heterocycles. The standard InChI is InChI=1S/C20H24N2O2/c1-2-3-4-5-6-7-13-22-19(23)15-10-8-9-14-17(21)12-11-16(18(14)15)20(22)24/h8-12H,2-7,13,21H2,1H3. The third kappa shape index (κ3) is 2.88. The molecule has 0 saturated heterocycles. The number of unbranched alkanes of at least 4 members (excludes halogenated alkanes) is 5. The summed E-state index contributed by atoms with van der Waals surface area (Å²) in [4.78, 5) is 26.9. The van der Waals surface area contributed by atoms with Gasteiger partial charge in [0.15, 0.2) is 0 Å². The lowest BCUT2D eigenvalue weighted by Gasteiger charge is -2.27. The molecule has 3 rings (SSSR count). The Balaban J connectivity index is 1.80. The van der Waals surface area contributed by atoms with E-state index in [1.165, 1.54) is 24.2 Å². The summed E-state index contributed by atoms with van der Waals surface area (Å²) in [5.74, 6) is -0.394. The van der Waals surface area contributed by atoms with Gasteiger partial charge in [0.1, 0.15) is 0 Å². The highest BCUT2D eigenvalue weighted by Gasteiger charge is 2.32. The van der Waals surface area contributed by atoms with Gasteiger partial charge < -0.3 is 5.73 Å². The average Bonchev–Trinajstić information content (AvgIpc) is 2.59. The van der Waals surface area contributed by atoms with Crippen LogP contribution in [0.1, 0.15) is 66.2 Å². The SMILES string of the molecule is CCCCCCCCN1C(=O)c2cccc3c(N)ccc(c23)C1=O. The van der Waals surface area contributed by atoms with Crippen molar-refractivity contribution < 1.29 is 9.59 Å². The van der Waals surface area contributed by atoms with Gasteiger partial charge in [-0.15, -0.1) is 0 Å². The Labute approximate surface area is 142 Å². The zero-order valence-electron chi connectivity index (χ0n) is 14.2. The number of anilines is 1. The largest absolute Gasteiger partial charge is 0.398 e. The number of benzene rings is 2. The Kier molecular flexibility index (Phi) is 4.84. The number of imide groups is 1.